The molecule has 1 N–H and O–H groups in total. The van der Waals surface area contributed by atoms with Crippen LogP contribution in [0.4, 0.5) is 0 Å². The molecule has 1 aromatic rings. The van der Waals surface area contributed by atoms with Crippen molar-refractivity contribution in [2.75, 3.05) is 6.54 Å². The first-order valence-electron chi connectivity index (χ1n) is 7.91. The second-order valence-corrected chi connectivity index (χ2v) is 7.54. The molecular weight excluding hydrogens is 260 g/mol. The summed E-state index contributed by atoms with van der Waals surface area (Å²) in [6.45, 7) is 11.8. The minimum absolute atomic E-state index is 0.130. The highest BCUT2D eigenvalue weighted by molar-refractivity contribution is 5.85. The van der Waals surface area contributed by atoms with E-state index < -0.39 is 0 Å². The van der Waals surface area contributed by atoms with Gasteiger partial charge in [-0.1, -0.05) is 65.0 Å². The number of carbonyl (C=O) groups is 1. The predicted octanol–water partition coefficient (Wildman–Crippen LogP) is 3.58. The lowest BCUT2D eigenvalue weighted by atomic mass is 9.92. The van der Waals surface area contributed by atoms with Crippen LogP contribution in [0.3, 0.4) is 0 Å². The van der Waals surface area contributed by atoms with E-state index in [9.17, 15) is 4.79 Å². The topological polar surface area (TPSA) is 32.3 Å². The van der Waals surface area contributed by atoms with Crippen LogP contribution in [-0.4, -0.2) is 23.5 Å². The third kappa shape index (κ3) is 3.85. The quantitative estimate of drug-likeness (QED) is 0.918. The zero-order valence-electron chi connectivity index (χ0n) is 13.9. The highest BCUT2D eigenvalue weighted by atomic mass is 16.2. The maximum absolute atomic E-state index is 12.8. The number of amides is 1. The fourth-order valence-electron chi connectivity index (χ4n) is 2.78. The molecule has 1 aliphatic heterocycles. The molecule has 116 valence electrons. The Kier molecular flexibility index (Phi) is 4.72. The molecule has 0 saturated carbocycles. The molecule has 0 spiro atoms. The van der Waals surface area contributed by atoms with E-state index in [-0.39, 0.29) is 23.5 Å². The summed E-state index contributed by atoms with van der Waals surface area (Å²) in [6, 6.07) is 9.83. The van der Waals surface area contributed by atoms with Crippen molar-refractivity contribution >= 4 is 5.91 Å². The molecule has 2 rings (SSSR count). The van der Waals surface area contributed by atoms with E-state index in [0.717, 1.165) is 18.5 Å². The Morgan fingerprint density at radius 3 is 2.33 bits per heavy atom. The normalized spacial score (nSPS) is 23.1. The smallest absolute Gasteiger partial charge is 0.245 e. The van der Waals surface area contributed by atoms with Crippen LogP contribution in [0.1, 0.15) is 52.6 Å². The van der Waals surface area contributed by atoms with Crippen LogP contribution in [0, 0.1) is 11.3 Å². The van der Waals surface area contributed by atoms with Crippen molar-refractivity contribution in [3.8, 4) is 0 Å². The molecule has 1 amide bonds. The number of nitrogens with zero attached hydrogens (tertiary/aromatic N) is 1. The van der Waals surface area contributed by atoms with Crippen LogP contribution in [0.25, 0.3) is 0 Å². The van der Waals surface area contributed by atoms with Crippen molar-refractivity contribution in [2.45, 2.75) is 53.2 Å². The first kappa shape index (κ1) is 16.0. The molecule has 1 heterocycles. The predicted molar refractivity (Wildman–Crippen MR) is 86.7 cm³/mol. The van der Waals surface area contributed by atoms with E-state index in [0.29, 0.717) is 5.92 Å². The monoisotopic (exact) mass is 288 g/mol. The Labute approximate surface area is 128 Å². The largest absolute Gasteiger partial charge is 0.325 e. The minimum Gasteiger partial charge on any atom is -0.325 e. The number of hydrogen-bond acceptors (Lipinski definition) is 2. The Morgan fingerprint density at radius 1 is 1.19 bits per heavy atom. The van der Waals surface area contributed by atoms with E-state index in [4.69, 9.17) is 0 Å². The van der Waals surface area contributed by atoms with Crippen LogP contribution in [0.2, 0.25) is 0 Å². The standard InChI is InChI=1S/C18H28N2O/c1-13(2)16-19-15(14-9-7-6-8-10-14)17(21)20(16)12-11-18(3,4)5/h6-10,13,15-16,19H,11-12H2,1-5H3. The minimum atomic E-state index is -0.196. The van der Waals surface area contributed by atoms with E-state index in [1.54, 1.807) is 0 Å². The summed E-state index contributed by atoms with van der Waals surface area (Å²) < 4.78 is 0. The van der Waals surface area contributed by atoms with Gasteiger partial charge in [0.2, 0.25) is 5.91 Å². The molecule has 2 unspecified atom stereocenters. The molecule has 0 bridgehead atoms. The first-order chi connectivity index (χ1) is 9.79. The molecule has 3 heteroatoms. The van der Waals surface area contributed by atoms with Gasteiger partial charge in [0.25, 0.3) is 0 Å². The van der Waals surface area contributed by atoms with Crippen LogP contribution < -0.4 is 5.32 Å². The maximum Gasteiger partial charge on any atom is 0.245 e. The van der Waals surface area contributed by atoms with Gasteiger partial charge in [0.05, 0.1) is 6.17 Å². The van der Waals surface area contributed by atoms with Gasteiger partial charge in [0, 0.05) is 6.54 Å². The molecule has 21 heavy (non-hydrogen) atoms. The van der Waals surface area contributed by atoms with E-state index in [1.165, 1.54) is 0 Å². The number of carbonyl (C=O) groups excluding carboxylic acids is 1. The lowest BCUT2D eigenvalue weighted by Crippen LogP contribution is -2.42. The molecule has 1 saturated heterocycles. The Hall–Kier alpha value is -1.35. The average Bonchev–Trinajstić information content (AvgIpc) is 2.74. The Morgan fingerprint density at radius 2 is 1.81 bits per heavy atom. The third-order valence-electron chi connectivity index (χ3n) is 4.07. The number of hydrogen-bond donors (Lipinski definition) is 1. The van der Waals surface area contributed by atoms with Crippen molar-refractivity contribution in [2.24, 2.45) is 11.3 Å². The Bertz CT molecular complexity index is 476. The van der Waals surface area contributed by atoms with Gasteiger partial charge in [-0.25, -0.2) is 0 Å². The van der Waals surface area contributed by atoms with Crippen molar-refractivity contribution in [3.63, 3.8) is 0 Å². The SMILES string of the molecule is CC(C)C1NC(c2ccccc2)C(=O)N1CCC(C)(C)C. The maximum atomic E-state index is 12.8. The average molecular weight is 288 g/mol. The van der Waals surface area contributed by atoms with Crippen molar-refractivity contribution in [1.29, 1.82) is 0 Å². The van der Waals surface area contributed by atoms with Crippen molar-refractivity contribution in [3.05, 3.63) is 35.9 Å². The lowest BCUT2D eigenvalue weighted by Gasteiger charge is -2.30. The summed E-state index contributed by atoms with van der Waals surface area (Å²) in [5.74, 6) is 0.617. The van der Waals surface area contributed by atoms with Crippen molar-refractivity contribution < 1.29 is 4.79 Å². The molecular formula is C18H28N2O. The molecule has 0 radical (unpaired) electrons. The summed E-state index contributed by atoms with van der Waals surface area (Å²) in [4.78, 5) is 14.8. The molecule has 2 atom stereocenters. The van der Waals surface area contributed by atoms with E-state index in [1.807, 2.05) is 35.2 Å². The number of rotatable bonds is 4. The second-order valence-electron chi connectivity index (χ2n) is 7.54. The molecule has 0 aliphatic carbocycles. The van der Waals surface area contributed by atoms with Crippen LogP contribution in [-0.2, 0) is 4.79 Å². The number of nitrogens with one attached hydrogen (secondary N) is 1. The summed E-state index contributed by atoms with van der Waals surface area (Å²) in [7, 11) is 0. The van der Waals surface area contributed by atoms with E-state index >= 15 is 0 Å². The molecule has 0 aromatic heterocycles. The highest BCUT2D eigenvalue weighted by Crippen LogP contribution is 2.29. The first-order valence-corrected chi connectivity index (χ1v) is 7.91. The summed E-state index contributed by atoms with van der Waals surface area (Å²) in [6.07, 6.45) is 1.15. The third-order valence-corrected chi connectivity index (χ3v) is 4.07. The fraction of sp³-hybridized carbons (Fsp3) is 0.611. The van der Waals surface area contributed by atoms with Gasteiger partial charge in [-0.15, -0.1) is 0 Å². The lowest BCUT2D eigenvalue weighted by molar-refractivity contribution is -0.130. The van der Waals surface area contributed by atoms with Gasteiger partial charge in [0.1, 0.15) is 6.04 Å². The molecule has 3 nitrogen and oxygen atoms in total. The summed E-state index contributed by atoms with van der Waals surface area (Å²) >= 11 is 0. The van der Waals surface area contributed by atoms with Gasteiger partial charge in [0.15, 0.2) is 0 Å². The summed E-state index contributed by atoms with van der Waals surface area (Å²) in [5, 5.41) is 3.52. The molecule has 1 aromatic carbocycles. The van der Waals surface area contributed by atoms with Gasteiger partial charge in [-0.05, 0) is 23.3 Å². The second kappa shape index (κ2) is 6.18. The Balaban J connectivity index is 2.17. The van der Waals surface area contributed by atoms with Crippen LogP contribution in [0.15, 0.2) is 30.3 Å². The highest BCUT2D eigenvalue weighted by Gasteiger charge is 2.40. The van der Waals surface area contributed by atoms with Crippen LogP contribution in [0.5, 0.6) is 0 Å². The zero-order valence-corrected chi connectivity index (χ0v) is 13.9. The van der Waals surface area contributed by atoms with E-state index in [2.05, 4.69) is 39.9 Å². The fourth-order valence-corrected chi connectivity index (χ4v) is 2.78. The van der Waals surface area contributed by atoms with Gasteiger partial charge in [-0.3, -0.25) is 10.1 Å². The van der Waals surface area contributed by atoms with Gasteiger partial charge < -0.3 is 4.90 Å². The van der Waals surface area contributed by atoms with Gasteiger partial charge >= 0.3 is 0 Å². The zero-order chi connectivity index (χ0) is 15.6. The number of benzene rings is 1. The van der Waals surface area contributed by atoms with Crippen molar-refractivity contribution in [1.82, 2.24) is 10.2 Å². The molecule has 1 fully saturated rings. The van der Waals surface area contributed by atoms with Crippen LogP contribution >= 0.6 is 0 Å². The van der Waals surface area contributed by atoms with Gasteiger partial charge in [-0.2, -0.15) is 0 Å². The summed E-state index contributed by atoms with van der Waals surface area (Å²) in [5.41, 5.74) is 1.30. The molecule has 1 aliphatic rings.